The molecule has 0 spiro atoms. The van der Waals surface area contributed by atoms with Gasteiger partial charge in [-0.25, -0.2) is 4.79 Å². The summed E-state index contributed by atoms with van der Waals surface area (Å²) in [6.45, 7) is 0.366. The summed E-state index contributed by atoms with van der Waals surface area (Å²) in [6.07, 6.45) is -3.27. The maximum atomic E-state index is 12.6. The fourth-order valence-corrected chi connectivity index (χ4v) is 1.43. The van der Waals surface area contributed by atoms with E-state index in [1.807, 2.05) is 0 Å². The lowest BCUT2D eigenvalue weighted by atomic mass is 10.0. The van der Waals surface area contributed by atoms with E-state index in [2.05, 4.69) is 15.9 Å². The van der Waals surface area contributed by atoms with Gasteiger partial charge in [0.2, 0.25) is 11.4 Å². The van der Waals surface area contributed by atoms with E-state index in [-0.39, 0.29) is 5.76 Å². The Bertz CT molecular complexity index is 552. The zero-order valence-electron chi connectivity index (χ0n) is 9.99. The SMILES string of the molecule is CC(NC(=O)C=Cc1ccc(Br)o1)(C(=O)O)C(F)(F)F. The summed E-state index contributed by atoms with van der Waals surface area (Å²) in [4.78, 5) is 22.1. The Labute approximate surface area is 119 Å². The van der Waals surface area contributed by atoms with E-state index in [0.717, 1.165) is 12.2 Å². The van der Waals surface area contributed by atoms with Crippen molar-refractivity contribution in [3.05, 3.63) is 28.6 Å². The molecule has 5 nitrogen and oxygen atoms in total. The second kappa shape index (κ2) is 5.70. The molecule has 2 N–H and O–H groups in total. The van der Waals surface area contributed by atoms with Gasteiger partial charge in [0, 0.05) is 6.08 Å². The van der Waals surface area contributed by atoms with Crippen LogP contribution in [-0.2, 0) is 9.59 Å². The van der Waals surface area contributed by atoms with E-state index in [0.29, 0.717) is 11.6 Å². The third-order valence-electron chi connectivity index (χ3n) is 2.36. The topological polar surface area (TPSA) is 79.5 Å². The van der Waals surface area contributed by atoms with E-state index in [4.69, 9.17) is 9.52 Å². The third-order valence-corrected chi connectivity index (χ3v) is 2.79. The molecule has 0 fully saturated rings. The molecular weight excluding hydrogens is 347 g/mol. The minimum Gasteiger partial charge on any atom is -0.479 e. The first-order valence-corrected chi connectivity index (χ1v) is 5.91. The van der Waals surface area contributed by atoms with Crippen molar-refractivity contribution in [1.29, 1.82) is 0 Å². The van der Waals surface area contributed by atoms with E-state index < -0.39 is 23.6 Å². The molecule has 1 heterocycles. The highest BCUT2D eigenvalue weighted by atomic mass is 79.9. The molecule has 0 aliphatic rings. The Morgan fingerprint density at radius 3 is 2.40 bits per heavy atom. The minimum atomic E-state index is -5.13. The van der Waals surface area contributed by atoms with Crippen LogP contribution in [0.15, 0.2) is 27.3 Å². The number of rotatable bonds is 4. The Kier molecular flexibility index (Phi) is 4.64. The van der Waals surface area contributed by atoms with Gasteiger partial charge < -0.3 is 14.8 Å². The van der Waals surface area contributed by atoms with Crippen LogP contribution in [0.2, 0.25) is 0 Å². The predicted molar refractivity (Wildman–Crippen MR) is 65.7 cm³/mol. The smallest absolute Gasteiger partial charge is 0.422 e. The molecule has 9 heteroatoms. The van der Waals surface area contributed by atoms with E-state index in [1.54, 1.807) is 0 Å². The number of carbonyl (C=O) groups is 2. The van der Waals surface area contributed by atoms with Crippen molar-refractivity contribution in [2.45, 2.75) is 18.6 Å². The van der Waals surface area contributed by atoms with Gasteiger partial charge in [-0.3, -0.25) is 4.79 Å². The normalized spacial score (nSPS) is 15.1. The zero-order valence-corrected chi connectivity index (χ0v) is 11.6. The molecular formula is C11H9BrF3NO4. The molecule has 0 saturated heterocycles. The van der Waals surface area contributed by atoms with Crippen LogP contribution in [0.3, 0.4) is 0 Å². The molecule has 1 amide bonds. The Hall–Kier alpha value is -1.77. The van der Waals surface area contributed by atoms with Crippen molar-refractivity contribution in [3.8, 4) is 0 Å². The van der Waals surface area contributed by atoms with E-state index in [1.165, 1.54) is 17.4 Å². The number of aliphatic carboxylic acids is 1. The number of alkyl halides is 3. The molecule has 0 aliphatic heterocycles. The van der Waals surface area contributed by atoms with E-state index >= 15 is 0 Å². The summed E-state index contributed by atoms with van der Waals surface area (Å²) in [5.41, 5.74) is -3.36. The van der Waals surface area contributed by atoms with Crippen molar-refractivity contribution >= 4 is 33.9 Å². The summed E-state index contributed by atoms with van der Waals surface area (Å²) in [7, 11) is 0. The zero-order chi connectivity index (χ0) is 15.6. The number of furan rings is 1. The summed E-state index contributed by atoms with van der Waals surface area (Å²) in [6, 6.07) is 2.99. The number of carboxylic acid groups (broad SMARTS) is 1. The first-order valence-electron chi connectivity index (χ1n) is 5.12. The van der Waals surface area contributed by atoms with Gasteiger partial charge in [0.05, 0.1) is 0 Å². The van der Waals surface area contributed by atoms with Crippen LogP contribution in [0.4, 0.5) is 13.2 Å². The molecule has 0 aliphatic carbocycles. The fraction of sp³-hybridized carbons (Fsp3) is 0.273. The van der Waals surface area contributed by atoms with Crippen LogP contribution < -0.4 is 5.32 Å². The standard InChI is InChI=1S/C11H9BrF3NO4/c1-10(9(18)19,11(13,14)15)16-8(17)5-3-6-2-4-7(12)20-6/h2-5H,1H3,(H,16,17)(H,18,19). The van der Waals surface area contributed by atoms with Gasteiger partial charge in [0.1, 0.15) is 5.76 Å². The monoisotopic (exact) mass is 355 g/mol. The third kappa shape index (κ3) is 3.62. The number of carboxylic acids is 1. The van der Waals surface area contributed by atoms with Crippen molar-refractivity contribution in [1.82, 2.24) is 5.32 Å². The van der Waals surface area contributed by atoms with Crippen molar-refractivity contribution in [3.63, 3.8) is 0 Å². The average Bonchev–Trinajstić information content (AvgIpc) is 2.70. The molecule has 0 bridgehead atoms. The molecule has 1 unspecified atom stereocenters. The Morgan fingerprint density at radius 2 is 2.00 bits per heavy atom. The van der Waals surface area contributed by atoms with Crippen LogP contribution in [0.5, 0.6) is 0 Å². The summed E-state index contributed by atoms with van der Waals surface area (Å²) < 4.78 is 43.3. The second-order valence-corrected chi connectivity index (χ2v) is 4.67. The number of carbonyl (C=O) groups excluding carboxylic acids is 1. The molecule has 0 saturated carbocycles. The summed E-state index contributed by atoms with van der Waals surface area (Å²) in [5, 5.41) is 10.0. The van der Waals surface area contributed by atoms with Gasteiger partial charge in [-0.2, -0.15) is 13.2 Å². The highest BCUT2D eigenvalue weighted by Gasteiger charge is 2.58. The first-order chi connectivity index (χ1) is 9.06. The second-order valence-electron chi connectivity index (χ2n) is 3.89. The largest absolute Gasteiger partial charge is 0.479 e. The maximum absolute atomic E-state index is 12.6. The minimum absolute atomic E-state index is 0.219. The van der Waals surface area contributed by atoms with Crippen molar-refractivity contribution < 1.29 is 32.3 Å². The van der Waals surface area contributed by atoms with Gasteiger partial charge in [-0.05, 0) is 41.1 Å². The number of hydrogen-bond donors (Lipinski definition) is 2. The van der Waals surface area contributed by atoms with E-state index in [9.17, 15) is 22.8 Å². The highest BCUT2D eigenvalue weighted by molar-refractivity contribution is 9.10. The number of nitrogens with one attached hydrogen (secondary N) is 1. The summed E-state index contributed by atoms with van der Waals surface area (Å²) >= 11 is 3.01. The molecule has 20 heavy (non-hydrogen) atoms. The number of amides is 1. The number of hydrogen-bond acceptors (Lipinski definition) is 3. The van der Waals surface area contributed by atoms with Crippen molar-refractivity contribution in [2.24, 2.45) is 0 Å². The van der Waals surface area contributed by atoms with Crippen molar-refractivity contribution in [2.75, 3.05) is 0 Å². The van der Waals surface area contributed by atoms with Gasteiger partial charge >= 0.3 is 12.1 Å². The van der Waals surface area contributed by atoms with Crippen LogP contribution in [-0.4, -0.2) is 28.7 Å². The molecule has 1 rings (SSSR count). The van der Waals surface area contributed by atoms with Gasteiger partial charge in [0.15, 0.2) is 4.67 Å². The molecule has 0 radical (unpaired) electrons. The van der Waals surface area contributed by atoms with Gasteiger partial charge in [0.25, 0.3) is 0 Å². The first kappa shape index (κ1) is 16.3. The van der Waals surface area contributed by atoms with Crippen LogP contribution >= 0.6 is 15.9 Å². The van der Waals surface area contributed by atoms with Crippen LogP contribution in [0, 0.1) is 0 Å². The maximum Gasteiger partial charge on any atom is 0.422 e. The molecule has 1 aromatic rings. The lowest BCUT2D eigenvalue weighted by molar-refractivity contribution is -0.206. The fourth-order valence-electron chi connectivity index (χ4n) is 1.11. The molecule has 110 valence electrons. The Morgan fingerprint density at radius 1 is 1.40 bits per heavy atom. The molecule has 1 atom stereocenters. The van der Waals surface area contributed by atoms with Gasteiger partial charge in [-0.15, -0.1) is 0 Å². The lowest BCUT2D eigenvalue weighted by Crippen LogP contribution is -2.61. The summed E-state index contributed by atoms with van der Waals surface area (Å²) in [5.74, 6) is -3.19. The number of halogens is 4. The quantitative estimate of drug-likeness (QED) is 0.813. The van der Waals surface area contributed by atoms with Crippen LogP contribution in [0.1, 0.15) is 12.7 Å². The molecule has 1 aromatic heterocycles. The molecule has 0 aromatic carbocycles. The average molecular weight is 356 g/mol. The van der Waals surface area contributed by atoms with Gasteiger partial charge in [-0.1, -0.05) is 0 Å². The van der Waals surface area contributed by atoms with Crippen LogP contribution in [0.25, 0.3) is 6.08 Å². The predicted octanol–water partition coefficient (Wildman–Crippen LogP) is 2.58. The lowest BCUT2D eigenvalue weighted by Gasteiger charge is -2.27. The Balaban J connectivity index is 2.83. The highest BCUT2D eigenvalue weighted by Crippen LogP contribution is 2.30.